The number of aliphatic hydroxyl groups is 1. The molecular formula is C24H28ClN7O. The maximum Gasteiger partial charge on any atom is 0.165 e. The lowest BCUT2D eigenvalue weighted by Crippen LogP contribution is -2.47. The number of fused-ring (bicyclic) bond motifs is 1. The third-order valence-corrected chi connectivity index (χ3v) is 6.12. The standard InChI is InChI=1S/C24H27N7O.ClH/c25-19-5-1-17(2-6-19)21-15-27-24-22(16-28-31(24)23(21)26)18-3-7-20(8-4-18)30-11-9-29(10-12-30)13-14-32;/h1-8,15-16,32H,9-14,25-26H2;1H. The van der Waals surface area contributed by atoms with E-state index in [9.17, 15) is 0 Å². The van der Waals surface area contributed by atoms with Gasteiger partial charge in [-0.15, -0.1) is 12.4 Å². The van der Waals surface area contributed by atoms with Crippen LogP contribution in [0.5, 0.6) is 0 Å². The van der Waals surface area contributed by atoms with Gasteiger partial charge in [-0.05, 0) is 35.4 Å². The molecule has 9 heteroatoms. The molecule has 0 saturated carbocycles. The third-order valence-electron chi connectivity index (χ3n) is 6.12. The molecule has 1 saturated heterocycles. The zero-order valence-electron chi connectivity index (χ0n) is 18.3. The summed E-state index contributed by atoms with van der Waals surface area (Å²) in [6.45, 7) is 4.82. The number of hydrogen-bond acceptors (Lipinski definition) is 7. The molecule has 1 aliphatic rings. The van der Waals surface area contributed by atoms with Gasteiger partial charge in [-0.25, -0.2) is 4.98 Å². The minimum Gasteiger partial charge on any atom is -0.399 e. The van der Waals surface area contributed by atoms with Gasteiger partial charge in [-0.2, -0.15) is 9.61 Å². The number of nitrogens with two attached hydrogens (primary N) is 2. The zero-order valence-corrected chi connectivity index (χ0v) is 19.1. The summed E-state index contributed by atoms with van der Waals surface area (Å²) in [5.74, 6) is 0.545. The number of halogens is 1. The Kier molecular flexibility index (Phi) is 6.69. The second kappa shape index (κ2) is 9.66. The Hall–Kier alpha value is -3.33. The number of rotatable bonds is 5. The number of β-amino-alcohol motifs (C(OH)–C–C–N with tert-alkyl or cyclic N) is 1. The molecule has 172 valence electrons. The SMILES string of the molecule is Cl.Nc1ccc(-c2cnc3c(-c4ccc(N5CCN(CCO)CC5)cc4)cnn3c2N)cc1. The van der Waals surface area contributed by atoms with Crippen molar-refractivity contribution in [2.75, 3.05) is 55.7 Å². The van der Waals surface area contributed by atoms with Gasteiger partial charge in [0, 0.05) is 61.4 Å². The lowest BCUT2D eigenvalue weighted by molar-refractivity contribution is 0.189. The van der Waals surface area contributed by atoms with Crippen LogP contribution in [-0.2, 0) is 0 Å². The molecule has 4 aromatic rings. The van der Waals surface area contributed by atoms with E-state index in [-0.39, 0.29) is 19.0 Å². The molecule has 1 fully saturated rings. The van der Waals surface area contributed by atoms with Crippen molar-refractivity contribution < 1.29 is 5.11 Å². The predicted molar refractivity (Wildman–Crippen MR) is 136 cm³/mol. The molecule has 1 aliphatic heterocycles. The van der Waals surface area contributed by atoms with Gasteiger partial charge in [0.15, 0.2) is 5.65 Å². The van der Waals surface area contributed by atoms with Crippen molar-refractivity contribution in [2.45, 2.75) is 0 Å². The number of aromatic nitrogens is 3. The van der Waals surface area contributed by atoms with Crippen LogP contribution >= 0.6 is 12.4 Å². The highest BCUT2D eigenvalue weighted by molar-refractivity contribution is 5.85. The van der Waals surface area contributed by atoms with Gasteiger partial charge < -0.3 is 21.5 Å². The van der Waals surface area contributed by atoms with Crippen molar-refractivity contribution in [2.24, 2.45) is 0 Å². The van der Waals surface area contributed by atoms with Crippen LogP contribution in [0.25, 0.3) is 27.9 Å². The molecule has 2 aromatic heterocycles. The molecule has 0 atom stereocenters. The molecule has 5 rings (SSSR count). The van der Waals surface area contributed by atoms with Crippen molar-refractivity contribution >= 4 is 35.2 Å². The summed E-state index contributed by atoms with van der Waals surface area (Å²) >= 11 is 0. The molecule has 8 nitrogen and oxygen atoms in total. The van der Waals surface area contributed by atoms with Gasteiger partial charge in [0.2, 0.25) is 0 Å². The van der Waals surface area contributed by atoms with Crippen molar-refractivity contribution in [1.29, 1.82) is 0 Å². The summed E-state index contributed by atoms with van der Waals surface area (Å²) in [4.78, 5) is 9.34. The minimum atomic E-state index is 0. The first kappa shape index (κ1) is 22.8. The van der Waals surface area contributed by atoms with Gasteiger partial charge in [-0.3, -0.25) is 4.90 Å². The van der Waals surface area contributed by atoms with Crippen LogP contribution in [0.15, 0.2) is 60.9 Å². The van der Waals surface area contributed by atoms with Crippen LogP contribution in [0, 0.1) is 0 Å². The number of anilines is 3. The topological polar surface area (TPSA) is 109 Å². The van der Waals surface area contributed by atoms with Crippen LogP contribution in [0.2, 0.25) is 0 Å². The minimum absolute atomic E-state index is 0. The molecule has 0 radical (unpaired) electrons. The van der Waals surface area contributed by atoms with E-state index in [1.165, 1.54) is 5.69 Å². The summed E-state index contributed by atoms with van der Waals surface area (Å²) in [5, 5.41) is 13.6. The molecule has 3 heterocycles. The summed E-state index contributed by atoms with van der Waals surface area (Å²) in [7, 11) is 0. The zero-order chi connectivity index (χ0) is 22.1. The molecule has 0 bridgehead atoms. The van der Waals surface area contributed by atoms with E-state index >= 15 is 0 Å². The molecule has 33 heavy (non-hydrogen) atoms. The Morgan fingerprint density at radius 1 is 0.818 bits per heavy atom. The van der Waals surface area contributed by atoms with Crippen LogP contribution in [0.1, 0.15) is 0 Å². The third kappa shape index (κ3) is 4.45. The van der Waals surface area contributed by atoms with Crippen LogP contribution < -0.4 is 16.4 Å². The average Bonchev–Trinajstić information content (AvgIpc) is 3.26. The molecule has 0 aliphatic carbocycles. The number of aliphatic hydroxyl groups excluding tert-OH is 1. The monoisotopic (exact) mass is 465 g/mol. The van der Waals surface area contributed by atoms with Crippen molar-refractivity contribution in [3.05, 3.63) is 60.9 Å². The Bertz CT molecular complexity index is 1220. The quantitative estimate of drug-likeness (QED) is 0.389. The smallest absolute Gasteiger partial charge is 0.165 e. The summed E-state index contributed by atoms with van der Waals surface area (Å²) in [5.41, 5.74) is 18.6. The van der Waals surface area contributed by atoms with Gasteiger partial charge in [0.1, 0.15) is 5.82 Å². The van der Waals surface area contributed by atoms with E-state index < -0.39 is 0 Å². The summed E-state index contributed by atoms with van der Waals surface area (Å²) in [6.07, 6.45) is 3.61. The second-order valence-electron chi connectivity index (χ2n) is 8.07. The van der Waals surface area contributed by atoms with Crippen LogP contribution in [0.4, 0.5) is 17.2 Å². The Labute approximate surface area is 198 Å². The number of nitrogens with zero attached hydrogens (tertiary/aromatic N) is 5. The Morgan fingerprint density at radius 2 is 1.45 bits per heavy atom. The fourth-order valence-corrected chi connectivity index (χ4v) is 4.26. The molecule has 0 spiro atoms. The first-order valence-corrected chi connectivity index (χ1v) is 10.8. The Balaban J connectivity index is 0.00000259. The predicted octanol–water partition coefficient (Wildman–Crippen LogP) is 2.76. The highest BCUT2D eigenvalue weighted by Gasteiger charge is 2.18. The molecule has 0 amide bonds. The maximum atomic E-state index is 9.12. The van der Waals surface area contributed by atoms with Gasteiger partial charge in [0.05, 0.1) is 12.8 Å². The highest BCUT2D eigenvalue weighted by Crippen LogP contribution is 2.31. The molecular weight excluding hydrogens is 438 g/mol. The van der Waals surface area contributed by atoms with Crippen LogP contribution in [-0.4, -0.2) is 63.9 Å². The largest absolute Gasteiger partial charge is 0.399 e. The van der Waals surface area contributed by atoms with E-state index in [2.05, 4.69) is 44.1 Å². The van der Waals surface area contributed by atoms with E-state index in [4.69, 9.17) is 16.6 Å². The summed E-state index contributed by atoms with van der Waals surface area (Å²) in [6, 6.07) is 16.1. The van der Waals surface area contributed by atoms with Gasteiger partial charge >= 0.3 is 0 Å². The number of hydrogen-bond donors (Lipinski definition) is 3. The fraction of sp³-hybridized carbons (Fsp3) is 0.250. The normalized spacial score (nSPS) is 14.4. The lowest BCUT2D eigenvalue weighted by atomic mass is 10.1. The van der Waals surface area contributed by atoms with Gasteiger partial charge in [0.25, 0.3) is 0 Å². The highest BCUT2D eigenvalue weighted by atomic mass is 35.5. The van der Waals surface area contributed by atoms with E-state index in [1.54, 1.807) is 10.7 Å². The molecule has 5 N–H and O–H groups in total. The number of nitrogen functional groups attached to an aromatic ring is 2. The lowest BCUT2D eigenvalue weighted by Gasteiger charge is -2.35. The Morgan fingerprint density at radius 3 is 2.12 bits per heavy atom. The van der Waals surface area contributed by atoms with E-state index in [0.29, 0.717) is 11.5 Å². The molecule has 0 unspecified atom stereocenters. The van der Waals surface area contributed by atoms with Crippen molar-refractivity contribution in [3.8, 4) is 22.3 Å². The van der Waals surface area contributed by atoms with E-state index in [1.807, 2.05) is 30.5 Å². The maximum absolute atomic E-state index is 9.12. The number of piperazine rings is 1. The van der Waals surface area contributed by atoms with E-state index in [0.717, 1.165) is 60.6 Å². The summed E-state index contributed by atoms with van der Waals surface area (Å²) < 4.78 is 1.69. The molecule has 2 aromatic carbocycles. The number of benzene rings is 2. The average molecular weight is 466 g/mol. The van der Waals surface area contributed by atoms with Crippen molar-refractivity contribution in [3.63, 3.8) is 0 Å². The first-order valence-electron chi connectivity index (χ1n) is 10.8. The first-order chi connectivity index (χ1) is 15.6. The second-order valence-corrected chi connectivity index (χ2v) is 8.07. The van der Waals surface area contributed by atoms with Gasteiger partial charge in [-0.1, -0.05) is 24.3 Å². The fourth-order valence-electron chi connectivity index (χ4n) is 4.26. The van der Waals surface area contributed by atoms with Crippen LogP contribution in [0.3, 0.4) is 0 Å². The van der Waals surface area contributed by atoms with Crippen molar-refractivity contribution in [1.82, 2.24) is 19.5 Å².